The predicted octanol–water partition coefficient (Wildman–Crippen LogP) is 4.36. The van der Waals surface area contributed by atoms with E-state index in [4.69, 9.17) is 4.74 Å². The van der Waals surface area contributed by atoms with Gasteiger partial charge in [-0.25, -0.2) is 8.93 Å². The van der Waals surface area contributed by atoms with E-state index in [1.54, 1.807) is 41.5 Å². The van der Waals surface area contributed by atoms with Crippen LogP contribution >= 0.6 is 0 Å². The van der Waals surface area contributed by atoms with E-state index in [1.165, 1.54) is 0 Å². The lowest BCUT2D eigenvalue weighted by atomic mass is 9.91. The van der Waals surface area contributed by atoms with Gasteiger partial charge in [0.15, 0.2) is 0 Å². The molecule has 0 aromatic heterocycles. The normalized spacial score (nSPS) is 17.3. The van der Waals surface area contributed by atoms with Gasteiger partial charge in [0.2, 0.25) is 0 Å². The Hall–Kier alpha value is -0.630. The molecule has 8 heteroatoms. The van der Waals surface area contributed by atoms with Crippen LogP contribution < -0.4 is 4.72 Å². The summed E-state index contributed by atoms with van der Waals surface area (Å²) in [7, 11) is -1.97. The molecule has 1 N–H and O–H groups in total. The second kappa shape index (κ2) is 8.84. The summed E-state index contributed by atoms with van der Waals surface area (Å²) in [5, 5.41) is 0. The van der Waals surface area contributed by atoms with Gasteiger partial charge >= 0.3 is 12.1 Å². The SMILES string of the molecule is CC(C)CC[C@@H](C(=O)OC(C)(C)C)[C@@H](N[S@](=O)C(C)(C)C)C(F)(F)F. The van der Waals surface area contributed by atoms with Gasteiger partial charge in [-0.3, -0.25) is 4.79 Å². The monoisotopic (exact) mass is 387 g/mol. The molecule has 0 saturated carbocycles. The molecule has 3 atom stereocenters. The van der Waals surface area contributed by atoms with Gasteiger partial charge in [0.25, 0.3) is 0 Å². The van der Waals surface area contributed by atoms with Gasteiger partial charge in [-0.2, -0.15) is 13.2 Å². The van der Waals surface area contributed by atoms with Crippen LogP contribution in [0.1, 0.15) is 68.2 Å². The quantitative estimate of drug-likeness (QED) is 0.660. The van der Waals surface area contributed by atoms with Gasteiger partial charge in [0.05, 0.1) is 21.7 Å². The van der Waals surface area contributed by atoms with Crippen molar-refractivity contribution in [3.63, 3.8) is 0 Å². The molecule has 0 radical (unpaired) electrons. The van der Waals surface area contributed by atoms with Gasteiger partial charge < -0.3 is 4.74 Å². The van der Waals surface area contributed by atoms with Crippen molar-refractivity contribution in [2.45, 2.75) is 90.8 Å². The van der Waals surface area contributed by atoms with Crippen LogP contribution in [0.25, 0.3) is 0 Å². The average Bonchev–Trinajstić information content (AvgIpc) is 2.32. The first-order valence-electron chi connectivity index (χ1n) is 8.42. The maximum absolute atomic E-state index is 13.6. The summed E-state index contributed by atoms with van der Waals surface area (Å²) in [5.41, 5.74) is -0.896. The molecule has 0 amide bonds. The van der Waals surface area contributed by atoms with Crippen molar-refractivity contribution in [3.05, 3.63) is 0 Å². The zero-order chi connectivity index (χ0) is 20.2. The summed E-state index contributed by atoms with van der Waals surface area (Å²) in [6, 6.07) is -2.22. The Morgan fingerprint density at radius 3 is 1.84 bits per heavy atom. The highest BCUT2D eigenvalue weighted by Crippen LogP contribution is 2.32. The number of carbonyl (C=O) groups excluding carboxylic acids is 1. The van der Waals surface area contributed by atoms with Crippen molar-refractivity contribution < 1.29 is 26.9 Å². The highest BCUT2D eigenvalue weighted by atomic mass is 32.2. The van der Waals surface area contributed by atoms with E-state index < -0.39 is 45.4 Å². The van der Waals surface area contributed by atoms with Crippen molar-refractivity contribution in [3.8, 4) is 0 Å². The maximum atomic E-state index is 13.6. The molecule has 4 nitrogen and oxygen atoms in total. The number of ether oxygens (including phenoxy) is 1. The van der Waals surface area contributed by atoms with Crippen molar-refractivity contribution in [1.82, 2.24) is 4.72 Å². The summed E-state index contributed by atoms with van der Waals surface area (Å²) >= 11 is 0. The van der Waals surface area contributed by atoms with Gasteiger partial charge in [-0.05, 0) is 53.9 Å². The van der Waals surface area contributed by atoms with Crippen molar-refractivity contribution >= 4 is 17.0 Å². The van der Waals surface area contributed by atoms with Crippen LogP contribution in [-0.2, 0) is 20.5 Å². The van der Waals surface area contributed by atoms with E-state index in [0.717, 1.165) is 0 Å². The van der Waals surface area contributed by atoms with Crippen LogP contribution in [0.4, 0.5) is 13.2 Å². The first-order chi connectivity index (χ1) is 10.9. The second-order valence-electron chi connectivity index (χ2n) is 8.63. The molecule has 0 heterocycles. The molecule has 0 rings (SSSR count). The van der Waals surface area contributed by atoms with Gasteiger partial charge in [0, 0.05) is 0 Å². The highest BCUT2D eigenvalue weighted by molar-refractivity contribution is 7.84. The molecule has 0 aromatic carbocycles. The fourth-order valence-corrected chi connectivity index (χ4v) is 2.86. The molecule has 25 heavy (non-hydrogen) atoms. The highest BCUT2D eigenvalue weighted by Gasteiger charge is 2.50. The third-order valence-corrected chi connectivity index (χ3v) is 4.89. The summed E-state index contributed by atoms with van der Waals surface area (Å²) < 4.78 is 59.6. The summed E-state index contributed by atoms with van der Waals surface area (Å²) in [6.45, 7) is 13.3. The second-order valence-corrected chi connectivity index (χ2v) is 10.6. The number of alkyl halides is 3. The van der Waals surface area contributed by atoms with E-state index >= 15 is 0 Å². The summed E-state index contributed by atoms with van der Waals surface area (Å²) in [4.78, 5) is 12.4. The first-order valence-corrected chi connectivity index (χ1v) is 9.57. The van der Waals surface area contributed by atoms with Gasteiger partial charge in [-0.1, -0.05) is 20.3 Å². The number of carbonyl (C=O) groups is 1. The molecule has 0 fully saturated rings. The lowest BCUT2D eigenvalue weighted by Gasteiger charge is -2.32. The van der Waals surface area contributed by atoms with Crippen molar-refractivity contribution in [2.75, 3.05) is 0 Å². The van der Waals surface area contributed by atoms with Crippen LogP contribution in [0.5, 0.6) is 0 Å². The zero-order valence-electron chi connectivity index (χ0n) is 16.4. The molecule has 0 aliphatic heterocycles. The molecular formula is C17H32F3NO3S. The molecule has 0 aliphatic rings. The Morgan fingerprint density at radius 2 is 1.52 bits per heavy atom. The Bertz CT molecular complexity index is 465. The number of nitrogens with one attached hydrogen (secondary N) is 1. The molecule has 0 saturated heterocycles. The van der Waals surface area contributed by atoms with Crippen molar-refractivity contribution in [1.29, 1.82) is 0 Å². The fourth-order valence-electron chi connectivity index (χ4n) is 1.98. The first kappa shape index (κ1) is 24.4. The van der Waals surface area contributed by atoms with Crippen LogP contribution in [0.3, 0.4) is 0 Å². The zero-order valence-corrected chi connectivity index (χ0v) is 17.2. The summed E-state index contributed by atoms with van der Waals surface area (Å²) in [6.07, 6.45) is -4.29. The Balaban J connectivity index is 5.66. The number of esters is 1. The Morgan fingerprint density at radius 1 is 1.04 bits per heavy atom. The molecule has 0 bridgehead atoms. The largest absolute Gasteiger partial charge is 0.460 e. The third-order valence-electron chi connectivity index (χ3n) is 3.31. The Kier molecular flexibility index (Phi) is 8.62. The van der Waals surface area contributed by atoms with Crippen molar-refractivity contribution in [2.24, 2.45) is 11.8 Å². The predicted molar refractivity (Wildman–Crippen MR) is 94.3 cm³/mol. The van der Waals surface area contributed by atoms with E-state index in [9.17, 15) is 22.2 Å². The van der Waals surface area contributed by atoms with Crippen LogP contribution in [0, 0.1) is 11.8 Å². The lowest BCUT2D eigenvalue weighted by Crippen LogP contribution is -2.54. The maximum Gasteiger partial charge on any atom is 0.405 e. The minimum atomic E-state index is -4.72. The molecule has 150 valence electrons. The number of hydrogen-bond acceptors (Lipinski definition) is 3. The minimum Gasteiger partial charge on any atom is -0.460 e. The molecular weight excluding hydrogens is 355 g/mol. The molecule has 0 spiro atoms. The summed E-state index contributed by atoms with van der Waals surface area (Å²) in [5.74, 6) is -2.24. The number of hydrogen-bond donors (Lipinski definition) is 1. The lowest BCUT2D eigenvalue weighted by molar-refractivity contribution is -0.185. The smallest absolute Gasteiger partial charge is 0.405 e. The van der Waals surface area contributed by atoms with E-state index in [1.807, 2.05) is 13.8 Å². The standard InChI is InChI=1S/C17H32F3NO3S/c1-11(2)9-10-12(14(22)24-15(3,4)5)13(17(18,19)20)21-25(23)16(6,7)8/h11-13,21H,9-10H2,1-8H3/t12-,13-,25-/m1/s1. The van der Waals surface area contributed by atoms with Crippen LogP contribution in [0.15, 0.2) is 0 Å². The molecule has 0 aromatic rings. The molecule has 0 aliphatic carbocycles. The fraction of sp³-hybridized carbons (Fsp3) is 0.941. The van der Waals surface area contributed by atoms with E-state index in [-0.39, 0.29) is 12.3 Å². The third kappa shape index (κ3) is 9.58. The minimum absolute atomic E-state index is 0.00506. The molecule has 0 unspecified atom stereocenters. The van der Waals surface area contributed by atoms with Crippen LogP contribution in [0.2, 0.25) is 0 Å². The number of rotatable bonds is 7. The topological polar surface area (TPSA) is 55.4 Å². The van der Waals surface area contributed by atoms with Gasteiger partial charge in [-0.15, -0.1) is 0 Å². The van der Waals surface area contributed by atoms with Gasteiger partial charge in [0.1, 0.15) is 11.6 Å². The van der Waals surface area contributed by atoms with E-state index in [2.05, 4.69) is 4.72 Å². The van der Waals surface area contributed by atoms with Crippen LogP contribution in [-0.4, -0.2) is 32.7 Å². The number of halogens is 3. The Labute approximate surface area is 151 Å². The van der Waals surface area contributed by atoms with E-state index in [0.29, 0.717) is 6.42 Å². The average molecular weight is 388 g/mol.